The summed E-state index contributed by atoms with van der Waals surface area (Å²) in [6.07, 6.45) is 3.10. The van der Waals surface area contributed by atoms with E-state index in [1.54, 1.807) is 12.3 Å². The van der Waals surface area contributed by atoms with Crippen LogP contribution in [0.4, 0.5) is 4.39 Å². The third kappa shape index (κ3) is 2.15. The third-order valence-corrected chi connectivity index (χ3v) is 2.51. The Labute approximate surface area is 103 Å². The Bertz CT molecular complexity index is 599. The average Bonchev–Trinajstić information content (AvgIpc) is 2.39. The number of methoxy groups -OCH3 is 1. The van der Waals surface area contributed by atoms with E-state index in [1.165, 1.54) is 25.4 Å². The van der Waals surface area contributed by atoms with E-state index in [-0.39, 0.29) is 5.56 Å². The highest BCUT2D eigenvalue weighted by Crippen LogP contribution is 2.29. The van der Waals surface area contributed by atoms with Gasteiger partial charge in [-0.2, -0.15) is 0 Å². The zero-order valence-electron chi connectivity index (χ0n) is 9.55. The summed E-state index contributed by atoms with van der Waals surface area (Å²) in [6.45, 7) is 0. The van der Waals surface area contributed by atoms with Crippen LogP contribution < -0.4 is 4.74 Å². The van der Waals surface area contributed by atoms with Crippen molar-refractivity contribution in [2.45, 2.75) is 0 Å². The van der Waals surface area contributed by atoms with Gasteiger partial charge in [0.25, 0.3) is 0 Å². The summed E-state index contributed by atoms with van der Waals surface area (Å²) in [5.74, 6) is -1.53. The highest BCUT2D eigenvalue weighted by Gasteiger charge is 2.13. The van der Waals surface area contributed by atoms with E-state index >= 15 is 0 Å². The smallest absolute Gasteiger partial charge is 0.338 e. The number of nitrogens with zero attached hydrogens (tertiary/aromatic N) is 1. The maximum absolute atomic E-state index is 13.3. The second-order valence-electron chi connectivity index (χ2n) is 3.58. The molecule has 0 atom stereocenters. The first-order valence-corrected chi connectivity index (χ1v) is 5.14. The summed E-state index contributed by atoms with van der Waals surface area (Å²) >= 11 is 0. The predicted octanol–water partition coefficient (Wildman–Crippen LogP) is 2.59. The molecule has 18 heavy (non-hydrogen) atoms. The van der Waals surface area contributed by atoms with Gasteiger partial charge < -0.3 is 9.84 Å². The van der Waals surface area contributed by atoms with E-state index in [2.05, 4.69) is 4.98 Å². The molecule has 2 rings (SSSR count). The Morgan fingerprint density at radius 1 is 1.39 bits per heavy atom. The van der Waals surface area contributed by atoms with Gasteiger partial charge in [-0.25, -0.2) is 9.18 Å². The SMILES string of the molecule is COc1ccncc1-c1ccc(F)c(C(=O)O)c1. The average molecular weight is 247 g/mol. The van der Waals surface area contributed by atoms with Crippen molar-refractivity contribution in [3.63, 3.8) is 0 Å². The van der Waals surface area contributed by atoms with Gasteiger partial charge >= 0.3 is 5.97 Å². The minimum atomic E-state index is -1.31. The second-order valence-corrected chi connectivity index (χ2v) is 3.58. The van der Waals surface area contributed by atoms with Crippen LogP contribution in [-0.2, 0) is 0 Å². The normalized spacial score (nSPS) is 10.1. The highest BCUT2D eigenvalue weighted by molar-refractivity contribution is 5.90. The van der Waals surface area contributed by atoms with Crippen molar-refractivity contribution < 1.29 is 19.0 Å². The van der Waals surface area contributed by atoms with Gasteiger partial charge in [0.15, 0.2) is 0 Å². The van der Waals surface area contributed by atoms with Gasteiger partial charge in [0.2, 0.25) is 0 Å². The lowest BCUT2D eigenvalue weighted by molar-refractivity contribution is 0.0692. The molecule has 1 heterocycles. The quantitative estimate of drug-likeness (QED) is 0.905. The van der Waals surface area contributed by atoms with Crippen molar-refractivity contribution in [1.29, 1.82) is 0 Å². The number of carbonyl (C=O) groups is 1. The third-order valence-electron chi connectivity index (χ3n) is 2.51. The van der Waals surface area contributed by atoms with Gasteiger partial charge in [0.05, 0.1) is 12.7 Å². The van der Waals surface area contributed by atoms with Gasteiger partial charge in [0.1, 0.15) is 11.6 Å². The van der Waals surface area contributed by atoms with Crippen LogP contribution in [0.25, 0.3) is 11.1 Å². The molecule has 0 spiro atoms. The first-order chi connectivity index (χ1) is 8.63. The minimum Gasteiger partial charge on any atom is -0.496 e. The van der Waals surface area contributed by atoms with E-state index < -0.39 is 11.8 Å². The summed E-state index contributed by atoms with van der Waals surface area (Å²) in [5, 5.41) is 8.88. The molecule has 1 N–H and O–H groups in total. The number of rotatable bonds is 3. The Morgan fingerprint density at radius 2 is 2.17 bits per heavy atom. The van der Waals surface area contributed by atoms with Gasteiger partial charge in [0, 0.05) is 18.0 Å². The predicted molar refractivity (Wildman–Crippen MR) is 63.1 cm³/mol. The molecule has 4 nitrogen and oxygen atoms in total. The lowest BCUT2D eigenvalue weighted by Gasteiger charge is -2.08. The van der Waals surface area contributed by atoms with Crippen LogP contribution in [0, 0.1) is 5.82 Å². The molecule has 1 aromatic carbocycles. The molecular formula is C13H10FNO3. The summed E-state index contributed by atoms with van der Waals surface area (Å²) < 4.78 is 18.4. The van der Waals surface area contributed by atoms with Crippen LogP contribution in [-0.4, -0.2) is 23.2 Å². The standard InChI is InChI=1S/C13H10FNO3/c1-18-12-4-5-15-7-10(12)8-2-3-11(14)9(6-8)13(16)17/h2-7H,1H3,(H,16,17). The Kier molecular flexibility index (Phi) is 3.23. The van der Waals surface area contributed by atoms with Crippen molar-refractivity contribution in [3.05, 3.63) is 48.0 Å². The largest absolute Gasteiger partial charge is 0.496 e. The summed E-state index contributed by atoms with van der Waals surface area (Å²) in [4.78, 5) is 14.8. The van der Waals surface area contributed by atoms with Crippen molar-refractivity contribution >= 4 is 5.97 Å². The molecule has 0 amide bonds. The van der Waals surface area contributed by atoms with Crippen LogP contribution in [0.15, 0.2) is 36.7 Å². The number of pyridine rings is 1. The Balaban J connectivity index is 2.58. The highest BCUT2D eigenvalue weighted by atomic mass is 19.1. The number of aromatic carboxylic acids is 1. The molecule has 0 unspecified atom stereocenters. The summed E-state index contributed by atoms with van der Waals surface area (Å²) in [6, 6.07) is 5.52. The van der Waals surface area contributed by atoms with E-state index in [0.717, 1.165) is 6.07 Å². The van der Waals surface area contributed by atoms with Crippen molar-refractivity contribution in [2.24, 2.45) is 0 Å². The number of carboxylic acids is 1. The van der Waals surface area contributed by atoms with Crippen molar-refractivity contribution in [1.82, 2.24) is 4.98 Å². The summed E-state index contributed by atoms with van der Waals surface area (Å²) in [7, 11) is 1.50. The molecule has 0 bridgehead atoms. The maximum Gasteiger partial charge on any atom is 0.338 e. The number of hydrogen-bond acceptors (Lipinski definition) is 3. The number of hydrogen-bond donors (Lipinski definition) is 1. The fourth-order valence-corrected chi connectivity index (χ4v) is 1.63. The minimum absolute atomic E-state index is 0.376. The molecule has 0 saturated carbocycles. The fourth-order valence-electron chi connectivity index (χ4n) is 1.63. The van der Waals surface area contributed by atoms with Crippen LogP contribution in [0.1, 0.15) is 10.4 Å². The van der Waals surface area contributed by atoms with E-state index in [0.29, 0.717) is 16.9 Å². The van der Waals surface area contributed by atoms with Crippen LogP contribution in [0.3, 0.4) is 0 Å². The maximum atomic E-state index is 13.3. The molecule has 0 aliphatic rings. The molecule has 2 aromatic rings. The van der Waals surface area contributed by atoms with Crippen LogP contribution >= 0.6 is 0 Å². The number of benzene rings is 1. The van der Waals surface area contributed by atoms with Gasteiger partial charge in [-0.05, 0) is 23.8 Å². The number of ether oxygens (including phenoxy) is 1. The molecule has 5 heteroatoms. The van der Waals surface area contributed by atoms with Gasteiger partial charge in [-0.15, -0.1) is 0 Å². The monoisotopic (exact) mass is 247 g/mol. The molecule has 0 radical (unpaired) electrons. The molecule has 0 aliphatic carbocycles. The van der Waals surface area contributed by atoms with Crippen molar-refractivity contribution in [3.8, 4) is 16.9 Å². The van der Waals surface area contributed by atoms with Gasteiger partial charge in [-0.3, -0.25) is 4.98 Å². The zero-order chi connectivity index (χ0) is 13.1. The number of aromatic nitrogens is 1. The zero-order valence-corrected chi connectivity index (χ0v) is 9.55. The molecule has 1 aromatic heterocycles. The molecule has 0 saturated heterocycles. The molecule has 0 aliphatic heterocycles. The second kappa shape index (κ2) is 4.83. The van der Waals surface area contributed by atoms with E-state index in [4.69, 9.17) is 9.84 Å². The molecule has 0 fully saturated rings. The fraction of sp³-hybridized carbons (Fsp3) is 0.0769. The van der Waals surface area contributed by atoms with E-state index in [1.807, 2.05) is 0 Å². The van der Waals surface area contributed by atoms with E-state index in [9.17, 15) is 9.18 Å². The lowest BCUT2D eigenvalue weighted by Crippen LogP contribution is -2.01. The first-order valence-electron chi connectivity index (χ1n) is 5.14. The molecular weight excluding hydrogens is 237 g/mol. The van der Waals surface area contributed by atoms with Crippen LogP contribution in [0.2, 0.25) is 0 Å². The number of halogens is 1. The molecule has 92 valence electrons. The number of carboxylic acid groups (broad SMARTS) is 1. The summed E-state index contributed by atoms with van der Waals surface area (Å²) in [5.41, 5.74) is 0.777. The first kappa shape index (κ1) is 12.0. The lowest BCUT2D eigenvalue weighted by atomic mass is 10.0. The van der Waals surface area contributed by atoms with Gasteiger partial charge in [-0.1, -0.05) is 6.07 Å². The van der Waals surface area contributed by atoms with Crippen molar-refractivity contribution in [2.75, 3.05) is 7.11 Å². The Morgan fingerprint density at radius 3 is 2.83 bits per heavy atom. The van der Waals surface area contributed by atoms with Crippen LogP contribution in [0.5, 0.6) is 5.75 Å². The topological polar surface area (TPSA) is 59.4 Å². The Hall–Kier alpha value is -2.43.